The van der Waals surface area contributed by atoms with Crippen molar-refractivity contribution in [3.05, 3.63) is 30.3 Å². The zero-order chi connectivity index (χ0) is 11.3. The minimum Gasteiger partial charge on any atom is -0.257 e. The van der Waals surface area contributed by atoms with Gasteiger partial charge in [-0.15, -0.1) is 0 Å². The lowest BCUT2D eigenvalue weighted by Gasteiger charge is -2.10. The van der Waals surface area contributed by atoms with E-state index in [0.29, 0.717) is 0 Å². The van der Waals surface area contributed by atoms with E-state index in [1.807, 2.05) is 0 Å². The zero-order valence-corrected chi connectivity index (χ0v) is 8.58. The summed E-state index contributed by atoms with van der Waals surface area (Å²) in [6.07, 6.45) is -1.56. The Morgan fingerprint density at radius 3 is 2.13 bits per heavy atom. The van der Waals surface area contributed by atoms with Gasteiger partial charge < -0.3 is 0 Å². The van der Waals surface area contributed by atoms with E-state index >= 15 is 0 Å². The van der Waals surface area contributed by atoms with Gasteiger partial charge in [0, 0.05) is 0 Å². The van der Waals surface area contributed by atoms with Gasteiger partial charge in [-0.25, -0.2) is 8.78 Å². The third-order valence-corrected chi connectivity index (χ3v) is 3.01. The predicted molar refractivity (Wildman–Crippen MR) is 50.5 cm³/mol. The van der Waals surface area contributed by atoms with E-state index < -0.39 is 29.6 Å². The first-order valence-corrected chi connectivity index (χ1v) is 5.61. The molecule has 0 saturated heterocycles. The van der Waals surface area contributed by atoms with Gasteiger partial charge >= 0.3 is 0 Å². The fourth-order valence-electron chi connectivity index (χ4n) is 0.915. The monoisotopic (exact) mass is 236 g/mol. The molecule has 0 fully saturated rings. The van der Waals surface area contributed by atoms with Crippen molar-refractivity contribution in [2.75, 3.05) is 13.3 Å². The number of hydrogen-bond donors (Lipinski definition) is 0. The average molecular weight is 236 g/mol. The smallest absolute Gasteiger partial charge is 0.257 e. The highest BCUT2D eigenvalue weighted by Crippen LogP contribution is 2.13. The molecule has 1 rings (SSSR count). The van der Waals surface area contributed by atoms with E-state index in [0.717, 1.165) is 0 Å². The minimum absolute atomic E-state index is 0.114. The van der Waals surface area contributed by atoms with Crippen LogP contribution in [0.2, 0.25) is 0 Å². The summed E-state index contributed by atoms with van der Waals surface area (Å²) >= 11 is 0. The Labute approximate surface area is 86.8 Å². The van der Waals surface area contributed by atoms with Gasteiger partial charge in [-0.3, -0.25) is 4.18 Å². The molecule has 0 amide bonds. The summed E-state index contributed by atoms with van der Waals surface area (Å²) in [4.78, 5) is -0.114. The summed E-state index contributed by atoms with van der Waals surface area (Å²) in [7, 11) is -4.06. The summed E-state index contributed by atoms with van der Waals surface area (Å²) in [5.74, 6) is 0. The van der Waals surface area contributed by atoms with Gasteiger partial charge in [0.1, 0.15) is 19.5 Å². The normalized spacial score (nSPS) is 11.9. The van der Waals surface area contributed by atoms with E-state index in [-0.39, 0.29) is 4.90 Å². The van der Waals surface area contributed by atoms with Crippen molar-refractivity contribution < 1.29 is 21.4 Å². The minimum atomic E-state index is -4.06. The molecule has 3 nitrogen and oxygen atoms in total. The highest BCUT2D eigenvalue weighted by atomic mass is 32.2. The first kappa shape index (κ1) is 12.1. The quantitative estimate of drug-likeness (QED) is 0.731. The molecule has 0 heterocycles. The third kappa shape index (κ3) is 3.24. The Bertz CT molecular complexity index is 387. The second-order valence-electron chi connectivity index (χ2n) is 2.79. The fourth-order valence-corrected chi connectivity index (χ4v) is 1.98. The highest BCUT2D eigenvalue weighted by molar-refractivity contribution is 7.86. The Morgan fingerprint density at radius 1 is 1.13 bits per heavy atom. The summed E-state index contributed by atoms with van der Waals surface area (Å²) < 4.78 is 51.3. The van der Waals surface area contributed by atoms with E-state index in [1.165, 1.54) is 24.3 Å². The first-order valence-electron chi connectivity index (χ1n) is 4.20. The van der Waals surface area contributed by atoms with Crippen molar-refractivity contribution in [3.63, 3.8) is 0 Å². The van der Waals surface area contributed by atoms with Gasteiger partial charge in [0.05, 0.1) is 4.90 Å². The van der Waals surface area contributed by atoms with Crippen LogP contribution >= 0.6 is 0 Å². The van der Waals surface area contributed by atoms with Gasteiger partial charge in [0.15, 0.2) is 0 Å². The molecular formula is C9H10F2O3S. The van der Waals surface area contributed by atoms with Crippen LogP contribution in [0.25, 0.3) is 0 Å². The molecule has 0 bridgehead atoms. The van der Waals surface area contributed by atoms with Crippen molar-refractivity contribution in [2.24, 2.45) is 0 Å². The van der Waals surface area contributed by atoms with Crippen LogP contribution in [-0.2, 0) is 14.3 Å². The van der Waals surface area contributed by atoms with Crippen LogP contribution in [-0.4, -0.2) is 27.9 Å². The van der Waals surface area contributed by atoms with Crippen LogP contribution in [0.5, 0.6) is 0 Å². The Morgan fingerprint density at radius 2 is 1.67 bits per heavy atom. The molecule has 0 unspecified atom stereocenters. The van der Waals surface area contributed by atoms with Crippen molar-refractivity contribution in [1.82, 2.24) is 0 Å². The summed E-state index contributed by atoms with van der Waals surface area (Å²) in [6.45, 7) is -2.36. The molecule has 6 heteroatoms. The third-order valence-electron chi connectivity index (χ3n) is 1.64. The lowest BCUT2D eigenvalue weighted by molar-refractivity contribution is 0.140. The van der Waals surface area contributed by atoms with Crippen molar-refractivity contribution in [1.29, 1.82) is 0 Å². The highest BCUT2D eigenvalue weighted by Gasteiger charge is 2.21. The van der Waals surface area contributed by atoms with Gasteiger partial charge in [-0.2, -0.15) is 8.42 Å². The number of hydrogen-bond acceptors (Lipinski definition) is 3. The van der Waals surface area contributed by atoms with Gasteiger partial charge in [0.2, 0.25) is 0 Å². The molecule has 15 heavy (non-hydrogen) atoms. The van der Waals surface area contributed by atoms with Crippen LogP contribution in [0.3, 0.4) is 0 Å². The summed E-state index contributed by atoms with van der Waals surface area (Å²) in [5.41, 5.74) is 0. The van der Waals surface area contributed by atoms with Crippen LogP contribution in [0, 0.1) is 0 Å². The van der Waals surface area contributed by atoms with Crippen molar-refractivity contribution >= 4 is 10.1 Å². The zero-order valence-electron chi connectivity index (χ0n) is 7.77. The van der Waals surface area contributed by atoms with Crippen molar-refractivity contribution in [2.45, 2.75) is 11.0 Å². The molecule has 0 aliphatic rings. The van der Waals surface area contributed by atoms with Crippen LogP contribution in [0.1, 0.15) is 0 Å². The Hall–Kier alpha value is -1.01. The van der Waals surface area contributed by atoms with Gasteiger partial charge in [-0.1, -0.05) is 18.2 Å². The molecule has 1 aromatic rings. The molecule has 0 spiro atoms. The summed E-state index contributed by atoms with van der Waals surface area (Å²) in [5, 5.41) is 0. The standard InChI is InChI=1S/C9H10F2O3S/c10-6-8(7-11)14-15(12,13)9-4-2-1-3-5-9/h1-5,8H,6-7H2. The molecule has 0 aromatic heterocycles. The van der Waals surface area contributed by atoms with Crippen LogP contribution in [0.4, 0.5) is 8.78 Å². The topological polar surface area (TPSA) is 43.4 Å². The average Bonchev–Trinajstić information content (AvgIpc) is 2.27. The molecule has 0 saturated carbocycles. The maximum Gasteiger partial charge on any atom is 0.297 e. The Balaban J connectivity index is 2.85. The SMILES string of the molecule is O=S(=O)(OC(CF)CF)c1ccccc1. The molecule has 0 aliphatic carbocycles. The second-order valence-corrected chi connectivity index (χ2v) is 4.37. The predicted octanol–water partition coefficient (Wildman–Crippen LogP) is 1.70. The first-order chi connectivity index (χ1) is 7.10. The lowest BCUT2D eigenvalue weighted by atomic mass is 10.4. The number of benzene rings is 1. The maximum atomic E-state index is 12.1. The summed E-state index contributed by atoms with van der Waals surface area (Å²) in [6, 6.07) is 7.21. The molecule has 0 aliphatic heterocycles. The molecular weight excluding hydrogens is 226 g/mol. The molecule has 0 atom stereocenters. The van der Waals surface area contributed by atoms with Crippen molar-refractivity contribution in [3.8, 4) is 0 Å². The van der Waals surface area contributed by atoms with E-state index in [1.54, 1.807) is 6.07 Å². The number of rotatable bonds is 5. The second kappa shape index (κ2) is 5.18. The van der Waals surface area contributed by atoms with Crippen LogP contribution in [0.15, 0.2) is 35.2 Å². The largest absolute Gasteiger partial charge is 0.297 e. The van der Waals surface area contributed by atoms with Gasteiger partial charge in [0.25, 0.3) is 10.1 Å². The van der Waals surface area contributed by atoms with E-state index in [9.17, 15) is 17.2 Å². The molecule has 0 radical (unpaired) electrons. The van der Waals surface area contributed by atoms with E-state index in [4.69, 9.17) is 0 Å². The molecule has 1 aromatic carbocycles. The maximum absolute atomic E-state index is 12.1. The number of alkyl halides is 2. The lowest BCUT2D eigenvalue weighted by Crippen LogP contribution is -2.22. The van der Waals surface area contributed by atoms with Crippen LogP contribution < -0.4 is 0 Å². The fraction of sp³-hybridized carbons (Fsp3) is 0.333. The van der Waals surface area contributed by atoms with Gasteiger partial charge in [-0.05, 0) is 12.1 Å². The Kier molecular flexibility index (Phi) is 4.16. The number of halogens is 2. The van der Waals surface area contributed by atoms with E-state index in [2.05, 4.69) is 4.18 Å². The molecule has 0 N–H and O–H groups in total. The molecule has 84 valence electrons.